The average molecular weight is 395 g/mol. The Morgan fingerprint density at radius 2 is 1.82 bits per heavy atom. The number of unbranched alkanes of at least 4 members (excludes halogenated alkanes) is 3. The molecule has 6 nitrogen and oxygen atoms in total. The van der Waals surface area contributed by atoms with Gasteiger partial charge in [-0.1, -0.05) is 25.7 Å². The standard InChI is InChI=1S/C22H42N4O2/c1-22(2,3)28-20(27)13-7-5-6-10-15-24-21(23-4)25-18-14-16-26(17-18)19-11-8-9-12-19/h18-19H,5-17H2,1-4H3,(H2,23,24,25). The van der Waals surface area contributed by atoms with Crippen molar-refractivity contribution in [1.82, 2.24) is 15.5 Å². The quantitative estimate of drug-likeness (QED) is 0.271. The van der Waals surface area contributed by atoms with E-state index in [2.05, 4.69) is 20.5 Å². The highest BCUT2D eigenvalue weighted by atomic mass is 16.6. The van der Waals surface area contributed by atoms with Gasteiger partial charge in [0.15, 0.2) is 5.96 Å². The number of ether oxygens (including phenoxy) is 1. The molecular weight excluding hydrogens is 352 g/mol. The predicted molar refractivity (Wildman–Crippen MR) is 116 cm³/mol. The van der Waals surface area contributed by atoms with Gasteiger partial charge >= 0.3 is 5.97 Å². The van der Waals surface area contributed by atoms with Crippen molar-refractivity contribution >= 4 is 11.9 Å². The molecule has 1 saturated carbocycles. The number of carbonyl (C=O) groups excluding carboxylic acids is 1. The van der Waals surface area contributed by atoms with Crippen LogP contribution in [0, 0.1) is 0 Å². The Bertz CT molecular complexity index is 495. The van der Waals surface area contributed by atoms with Crippen LogP contribution in [0.25, 0.3) is 0 Å². The first-order valence-electron chi connectivity index (χ1n) is 11.3. The van der Waals surface area contributed by atoms with Gasteiger partial charge < -0.3 is 15.4 Å². The largest absolute Gasteiger partial charge is 0.460 e. The van der Waals surface area contributed by atoms with Crippen LogP contribution >= 0.6 is 0 Å². The summed E-state index contributed by atoms with van der Waals surface area (Å²) in [5.41, 5.74) is -0.378. The zero-order valence-electron chi connectivity index (χ0n) is 18.6. The van der Waals surface area contributed by atoms with Gasteiger partial charge in [-0.05, 0) is 52.9 Å². The Balaban J connectivity index is 1.50. The van der Waals surface area contributed by atoms with Crippen LogP contribution < -0.4 is 10.6 Å². The highest BCUT2D eigenvalue weighted by molar-refractivity contribution is 5.80. The fraction of sp³-hybridized carbons (Fsp3) is 0.909. The summed E-state index contributed by atoms with van der Waals surface area (Å²) in [4.78, 5) is 18.7. The maximum absolute atomic E-state index is 11.7. The normalized spacial score (nSPS) is 21.9. The van der Waals surface area contributed by atoms with Crippen molar-refractivity contribution < 1.29 is 9.53 Å². The lowest BCUT2D eigenvalue weighted by atomic mass is 10.1. The Kier molecular flexibility index (Phi) is 9.56. The van der Waals surface area contributed by atoms with Crippen molar-refractivity contribution in [1.29, 1.82) is 0 Å². The van der Waals surface area contributed by atoms with E-state index in [1.165, 1.54) is 38.6 Å². The van der Waals surface area contributed by atoms with Crippen molar-refractivity contribution in [2.45, 2.75) is 103 Å². The third-order valence-corrected chi connectivity index (χ3v) is 5.65. The van der Waals surface area contributed by atoms with Gasteiger partial charge in [0, 0.05) is 45.2 Å². The molecule has 1 atom stereocenters. The number of aliphatic imine (C=N–C) groups is 1. The summed E-state index contributed by atoms with van der Waals surface area (Å²) >= 11 is 0. The van der Waals surface area contributed by atoms with E-state index < -0.39 is 0 Å². The van der Waals surface area contributed by atoms with Crippen molar-refractivity contribution in [3.63, 3.8) is 0 Å². The summed E-state index contributed by atoms with van der Waals surface area (Å²) in [6.07, 6.45) is 11.5. The van der Waals surface area contributed by atoms with E-state index in [4.69, 9.17) is 4.74 Å². The van der Waals surface area contributed by atoms with Gasteiger partial charge in [-0.2, -0.15) is 0 Å². The smallest absolute Gasteiger partial charge is 0.306 e. The van der Waals surface area contributed by atoms with Crippen LogP contribution in [-0.2, 0) is 9.53 Å². The highest BCUT2D eigenvalue weighted by Gasteiger charge is 2.30. The second kappa shape index (κ2) is 11.6. The minimum absolute atomic E-state index is 0.0848. The first kappa shape index (κ1) is 23.0. The van der Waals surface area contributed by atoms with E-state index in [0.29, 0.717) is 12.5 Å². The first-order chi connectivity index (χ1) is 13.4. The van der Waals surface area contributed by atoms with Gasteiger partial charge in [0.2, 0.25) is 0 Å². The zero-order chi connectivity index (χ0) is 20.4. The monoisotopic (exact) mass is 394 g/mol. The van der Waals surface area contributed by atoms with Crippen molar-refractivity contribution in [2.24, 2.45) is 4.99 Å². The number of esters is 1. The molecule has 2 N–H and O–H groups in total. The van der Waals surface area contributed by atoms with Crippen LogP contribution in [0.2, 0.25) is 0 Å². The van der Waals surface area contributed by atoms with Crippen LogP contribution in [0.4, 0.5) is 0 Å². The minimum Gasteiger partial charge on any atom is -0.460 e. The van der Waals surface area contributed by atoms with Gasteiger partial charge in [-0.25, -0.2) is 0 Å². The molecule has 0 aromatic carbocycles. The lowest BCUT2D eigenvalue weighted by Gasteiger charge is -2.24. The molecule has 0 spiro atoms. The molecule has 2 aliphatic rings. The van der Waals surface area contributed by atoms with Crippen molar-refractivity contribution in [3.05, 3.63) is 0 Å². The summed E-state index contributed by atoms with van der Waals surface area (Å²) in [5.74, 6) is 0.838. The molecule has 0 aromatic heterocycles. The molecule has 1 aliphatic carbocycles. The fourth-order valence-electron chi connectivity index (χ4n) is 4.24. The molecule has 28 heavy (non-hydrogen) atoms. The molecule has 0 bridgehead atoms. The molecule has 1 aliphatic heterocycles. The lowest BCUT2D eigenvalue weighted by Crippen LogP contribution is -2.45. The van der Waals surface area contributed by atoms with Gasteiger partial charge in [0.1, 0.15) is 5.60 Å². The highest BCUT2D eigenvalue weighted by Crippen LogP contribution is 2.26. The van der Waals surface area contributed by atoms with Crippen molar-refractivity contribution in [3.8, 4) is 0 Å². The third kappa shape index (κ3) is 8.80. The number of hydrogen-bond donors (Lipinski definition) is 2. The number of carbonyl (C=O) groups is 1. The van der Waals surface area contributed by atoms with E-state index >= 15 is 0 Å². The third-order valence-electron chi connectivity index (χ3n) is 5.65. The summed E-state index contributed by atoms with van der Waals surface area (Å²) < 4.78 is 5.34. The molecular formula is C22H42N4O2. The number of likely N-dealkylation sites (tertiary alicyclic amines) is 1. The van der Waals surface area contributed by atoms with E-state index in [9.17, 15) is 4.79 Å². The number of nitrogens with zero attached hydrogens (tertiary/aromatic N) is 2. The second-order valence-corrected chi connectivity index (χ2v) is 9.31. The minimum atomic E-state index is -0.378. The molecule has 6 heteroatoms. The lowest BCUT2D eigenvalue weighted by molar-refractivity contribution is -0.154. The maximum Gasteiger partial charge on any atom is 0.306 e. The number of rotatable bonds is 9. The van der Waals surface area contributed by atoms with Gasteiger partial charge in [0.25, 0.3) is 0 Å². The molecule has 1 unspecified atom stereocenters. The Morgan fingerprint density at radius 1 is 1.11 bits per heavy atom. The summed E-state index contributed by atoms with van der Waals surface area (Å²) in [5, 5.41) is 7.03. The average Bonchev–Trinajstić information content (AvgIpc) is 3.29. The fourth-order valence-corrected chi connectivity index (χ4v) is 4.24. The van der Waals surface area contributed by atoms with Gasteiger partial charge in [0.05, 0.1) is 0 Å². The molecule has 1 heterocycles. The molecule has 162 valence electrons. The summed E-state index contributed by atoms with van der Waals surface area (Å²) in [6, 6.07) is 1.34. The maximum atomic E-state index is 11.7. The molecule has 0 radical (unpaired) electrons. The van der Waals surface area contributed by atoms with E-state index in [1.54, 1.807) is 0 Å². The summed E-state index contributed by atoms with van der Waals surface area (Å²) in [6.45, 7) is 9.03. The van der Waals surface area contributed by atoms with Crippen molar-refractivity contribution in [2.75, 3.05) is 26.7 Å². The summed E-state index contributed by atoms with van der Waals surface area (Å²) in [7, 11) is 1.85. The molecule has 2 fully saturated rings. The molecule has 1 saturated heterocycles. The van der Waals surface area contributed by atoms with E-state index in [1.807, 2.05) is 27.8 Å². The van der Waals surface area contributed by atoms with E-state index in [0.717, 1.165) is 50.8 Å². The van der Waals surface area contributed by atoms with Gasteiger partial charge in [-0.15, -0.1) is 0 Å². The predicted octanol–water partition coefficient (Wildman–Crippen LogP) is 3.46. The van der Waals surface area contributed by atoms with Crippen LogP contribution in [0.5, 0.6) is 0 Å². The van der Waals surface area contributed by atoms with Gasteiger partial charge in [-0.3, -0.25) is 14.7 Å². The topological polar surface area (TPSA) is 66.0 Å². The van der Waals surface area contributed by atoms with Crippen LogP contribution in [0.15, 0.2) is 4.99 Å². The van der Waals surface area contributed by atoms with Crippen LogP contribution in [0.1, 0.15) is 85.0 Å². The van der Waals surface area contributed by atoms with Crippen LogP contribution in [-0.4, -0.2) is 61.2 Å². The second-order valence-electron chi connectivity index (χ2n) is 9.31. The zero-order valence-corrected chi connectivity index (χ0v) is 18.6. The van der Waals surface area contributed by atoms with E-state index in [-0.39, 0.29) is 11.6 Å². The SMILES string of the molecule is CN=C(NCCCCCCC(=O)OC(C)(C)C)NC1CCN(C2CCCC2)C1. The Hall–Kier alpha value is -1.30. The Labute approximate surface area is 171 Å². The number of nitrogens with one attached hydrogen (secondary N) is 2. The molecule has 0 amide bonds. The van der Waals surface area contributed by atoms with Crippen LogP contribution in [0.3, 0.4) is 0 Å². The number of guanidine groups is 1. The number of hydrogen-bond acceptors (Lipinski definition) is 4. The molecule has 0 aromatic rings. The first-order valence-corrected chi connectivity index (χ1v) is 11.3. The molecule has 2 rings (SSSR count). The Morgan fingerprint density at radius 3 is 2.50 bits per heavy atom.